The van der Waals surface area contributed by atoms with Gasteiger partial charge in [-0.1, -0.05) is 5.92 Å². The van der Waals surface area contributed by atoms with Crippen molar-refractivity contribution in [2.24, 2.45) is 0 Å². The highest BCUT2D eigenvalue weighted by Crippen LogP contribution is 2.09. The van der Waals surface area contributed by atoms with Gasteiger partial charge in [0.05, 0.1) is 18.8 Å². The van der Waals surface area contributed by atoms with Crippen LogP contribution in [0.1, 0.15) is 13.8 Å². The van der Waals surface area contributed by atoms with Gasteiger partial charge in [-0.15, -0.1) is 6.42 Å². The molecule has 1 fully saturated rings. The second-order valence-electron chi connectivity index (χ2n) is 3.90. The molecular weight excluding hydrogens is 176 g/mol. The fourth-order valence-corrected chi connectivity index (χ4v) is 1.86. The van der Waals surface area contributed by atoms with E-state index in [1.807, 2.05) is 0 Å². The first kappa shape index (κ1) is 11.5. The van der Waals surface area contributed by atoms with E-state index in [4.69, 9.17) is 11.2 Å². The highest BCUT2D eigenvalue weighted by atomic mass is 16.5. The van der Waals surface area contributed by atoms with E-state index in [0.717, 1.165) is 26.2 Å². The molecule has 14 heavy (non-hydrogen) atoms. The van der Waals surface area contributed by atoms with Gasteiger partial charge in [0.2, 0.25) is 0 Å². The molecule has 0 spiro atoms. The van der Waals surface area contributed by atoms with Gasteiger partial charge >= 0.3 is 0 Å². The van der Waals surface area contributed by atoms with Gasteiger partial charge < -0.3 is 10.1 Å². The predicted octanol–water partition coefficient (Wildman–Crippen LogP) is 0.318. The van der Waals surface area contributed by atoms with Gasteiger partial charge in [-0.05, 0) is 13.8 Å². The summed E-state index contributed by atoms with van der Waals surface area (Å²) in [5.41, 5.74) is 0. The molecular formula is C11H20N2O. The van der Waals surface area contributed by atoms with Gasteiger partial charge in [-0.2, -0.15) is 0 Å². The quantitative estimate of drug-likeness (QED) is 0.517. The number of terminal acetylenes is 1. The average molecular weight is 196 g/mol. The van der Waals surface area contributed by atoms with Crippen molar-refractivity contribution in [1.82, 2.24) is 10.2 Å². The zero-order valence-electron chi connectivity index (χ0n) is 9.12. The standard InChI is InChI=1S/C11H20N2O/c1-4-5-12-6-7-13-8-10(2)14-11(3)9-13/h1,10-12H,5-9H2,2-3H3/t10-,11+. The maximum Gasteiger partial charge on any atom is 0.0678 e. The molecule has 80 valence electrons. The largest absolute Gasteiger partial charge is 0.373 e. The van der Waals surface area contributed by atoms with Crippen LogP contribution >= 0.6 is 0 Å². The molecule has 1 aliphatic rings. The summed E-state index contributed by atoms with van der Waals surface area (Å²) in [6.45, 7) is 8.98. The third-order valence-electron chi connectivity index (χ3n) is 2.33. The lowest BCUT2D eigenvalue weighted by molar-refractivity contribution is -0.0673. The van der Waals surface area contributed by atoms with Crippen LogP contribution in [-0.2, 0) is 4.74 Å². The van der Waals surface area contributed by atoms with Crippen molar-refractivity contribution >= 4 is 0 Å². The first-order valence-electron chi connectivity index (χ1n) is 5.24. The number of hydrogen-bond acceptors (Lipinski definition) is 3. The maximum absolute atomic E-state index is 5.65. The van der Waals surface area contributed by atoms with Gasteiger partial charge in [0.15, 0.2) is 0 Å². The predicted molar refractivity (Wildman–Crippen MR) is 58.2 cm³/mol. The summed E-state index contributed by atoms with van der Waals surface area (Å²) in [5.74, 6) is 2.57. The van der Waals surface area contributed by atoms with Gasteiger partial charge in [-0.3, -0.25) is 4.90 Å². The second-order valence-corrected chi connectivity index (χ2v) is 3.90. The van der Waals surface area contributed by atoms with E-state index < -0.39 is 0 Å². The molecule has 0 unspecified atom stereocenters. The number of nitrogens with one attached hydrogen (secondary N) is 1. The lowest BCUT2D eigenvalue weighted by atomic mass is 10.2. The van der Waals surface area contributed by atoms with Crippen LogP contribution < -0.4 is 5.32 Å². The van der Waals surface area contributed by atoms with Crippen molar-refractivity contribution < 1.29 is 4.74 Å². The van der Waals surface area contributed by atoms with Crippen molar-refractivity contribution in [3.8, 4) is 12.3 Å². The topological polar surface area (TPSA) is 24.5 Å². The smallest absolute Gasteiger partial charge is 0.0678 e. The molecule has 0 bridgehead atoms. The second kappa shape index (κ2) is 6.02. The van der Waals surface area contributed by atoms with Gasteiger partial charge in [0.25, 0.3) is 0 Å². The van der Waals surface area contributed by atoms with Crippen LogP contribution in [0.25, 0.3) is 0 Å². The van der Waals surface area contributed by atoms with E-state index in [2.05, 4.69) is 30.0 Å². The first-order valence-corrected chi connectivity index (χ1v) is 5.24. The van der Waals surface area contributed by atoms with Crippen molar-refractivity contribution in [1.29, 1.82) is 0 Å². The fraction of sp³-hybridized carbons (Fsp3) is 0.818. The number of hydrogen-bond donors (Lipinski definition) is 1. The van der Waals surface area contributed by atoms with Crippen molar-refractivity contribution in [3.05, 3.63) is 0 Å². The highest BCUT2D eigenvalue weighted by molar-refractivity contribution is 4.86. The van der Waals surface area contributed by atoms with E-state index >= 15 is 0 Å². The molecule has 3 heteroatoms. The van der Waals surface area contributed by atoms with E-state index in [1.54, 1.807) is 0 Å². The summed E-state index contributed by atoms with van der Waals surface area (Å²) in [4.78, 5) is 2.42. The molecule has 1 saturated heterocycles. The fourth-order valence-electron chi connectivity index (χ4n) is 1.86. The molecule has 0 saturated carbocycles. The van der Waals surface area contributed by atoms with Crippen LogP contribution in [-0.4, -0.2) is 49.8 Å². The average Bonchev–Trinajstić information content (AvgIpc) is 2.11. The molecule has 3 nitrogen and oxygen atoms in total. The molecule has 1 rings (SSSR count). The zero-order chi connectivity index (χ0) is 10.4. The third kappa shape index (κ3) is 4.10. The summed E-state index contributed by atoms with van der Waals surface area (Å²) in [5, 5.41) is 3.19. The van der Waals surface area contributed by atoms with E-state index in [1.165, 1.54) is 0 Å². The summed E-state index contributed by atoms with van der Waals surface area (Å²) < 4.78 is 5.65. The lowest BCUT2D eigenvalue weighted by Gasteiger charge is -2.35. The monoisotopic (exact) mass is 196 g/mol. The SMILES string of the molecule is C#CCNCCN1C[C@@H](C)O[C@@H](C)C1. The van der Waals surface area contributed by atoms with Gasteiger partial charge in [0, 0.05) is 26.2 Å². The minimum Gasteiger partial charge on any atom is -0.373 e. The Hall–Kier alpha value is -0.560. The Labute approximate surface area is 86.8 Å². The number of nitrogens with zero attached hydrogens (tertiary/aromatic N) is 1. The van der Waals surface area contributed by atoms with Crippen molar-refractivity contribution in [2.75, 3.05) is 32.7 Å². The van der Waals surface area contributed by atoms with Crippen molar-refractivity contribution in [3.63, 3.8) is 0 Å². The molecule has 0 aromatic heterocycles. The van der Waals surface area contributed by atoms with Crippen LogP contribution in [0.15, 0.2) is 0 Å². The van der Waals surface area contributed by atoms with E-state index in [0.29, 0.717) is 18.8 Å². The molecule has 0 aromatic rings. The summed E-state index contributed by atoms with van der Waals surface area (Å²) in [6.07, 6.45) is 5.85. The minimum absolute atomic E-state index is 0.353. The normalized spacial score (nSPS) is 28.6. The van der Waals surface area contributed by atoms with Crippen molar-refractivity contribution in [2.45, 2.75) is 26.1 Å². The molecule has 0 aliphatic carbocycles. The summed E-state index contributed by atoms with van der Waals surface area (Å²) in [7, 11) is 0. The van der Waals surface area contributed by atoms with Crippen LogP contribution in [0, 0.1) is 12.3 Å². The van der Waals surface area contributed by atoms with E-state index in [9.17, 15) is 0 Å². The Bertz CT molecular complexity index is 190. The van der Waals surface area contributed by atoms with Gasteiger partial charge in [0.1, 0.15) is 0 Å². The Morgan fingerprint density at radius 3 is 2.64 bits per heavy atom. The van der Waals surface area contributed by atoms with Crippen LogP contribution in [0.4, 0.5) is 0 Å². The van der Waals surface area contributed by atoms with Crippen LogP contribution in [0.3, 0.4) is 0 Å². The Morgan fingerprint density at radius 1 is 1.43 bits per heavy atom. The third-order valence-corrected chi connectivity index (χ3v) is 2.33. The lowest BCUT2D eigenvalue weighted by Crippen LogP contribution is -2.47. The summed E-state index contributed by atoms with van der Waals surface area (Å²) >= 11 is 0. The minimum atomic E-state index is 0.353. The molecule has 1 N–H and O–H groups in total. The number of rotatable bonds is 4. The number of morpholine rings is 1. The maximum atomic E-state index is 5.65. The molecule has 0 radical (unpaired) electrons. The highest BCUT2D eigenvalue weighted by Gasteiger charge is 2.21. The molecule has 0 amide bonds. The first-order chi connectivity index (χ1) is 6.72. The van der Waals surface area contributed by atoms with E-state index in [-0.39, 0.29) is 0 Å². The molecule has 0 aromatic carbocycles. The number of ether oxygens (including phenoxy) is 1. The molecule has 2 atom stereocenters. The Morgan fingerprint density at radius 2 is 2.07 bits per heavy atom. The molecule has 1 heterocycles. The summed E-state index contributed by atoms with van der Waals surface area (Å²) in [6, 6.07) is 0. The van der Waals surface area contributed by atoms with Crippen LogP contribution in [0.5, 0.6) is 0 Å². The Kier molecular flexibility index (Phi) is 4.95. The zero-order valence-corrected chi connectivity index (χ0v) is 9.12. The molecule has 1 aliphatic heterocycles. The van der Waals surface area contributed by atoms with Gasteiger partial charge in [-0.25, -0.2) is 0 Å². The Balaban J connectivity index is 2.14. The van der Waals surface area contributed by atoms with Crippen LogP contribution in [0.2, 0.25) is 0 Å².